The minimum atomic E-state index is -0.388. The van der Waals surface area contributed by atoms with E-state index < -0.39 is 0 Å². The Kier molecular flexibility index (Phi) is 14.5. The van der Waals surface area contributed by atoms with Crippen LogP contribution < -0.4 is 52.1 Å². The number of benzene rings is 15. The van der Waals surface area contributed by atoms with E-state index in [-0.39, 0.29) is 29.7 Å². The molecule has 6 nitrogen and oxygen atoms in total. The van der Waals surface area contributed by atoms with E-state index in [1.54, 1.807) is 0 Å². The molecule has 110 heavy (non-hydrogen) atoms. The Hall–Kier alpha value is -12.8. The minimum absolute atomic E-state index is 0.0220. The number of rotatable bonds is 8. The van der Waals surface area contributed by atoms with Crippen molar-refractivity contribution in [2.45, 2.75) is 78.6 Å². The molecule has 4 aliphatic heterocycles. The minimum Gasteiger partial charge on any atom is -0.459 e. The van der Waals surface area contributed by atoms with Gasteiger partial charge in [0.2, 0.25) is 0 Å². The van der Waals surface area contributed by atoms with Crippen LogP contribution >= 0.6 is 0 Å². The maximum Gasteiger partial charge on any atom is 0.260 e. The molecular weight excluding hydrogens is 1330 g/mol. The Morgan fingerprint density at radius 2 is 0.673 bits per heavy atom. The van der Waals surface area contributed by atoms with Crippen LogP contribution in [0.4, 0.5) is 34.1 Å². The monoisotopic (exact) mass is 1410 g/mol. The van der Waals surface area contributed by atoms with Crippen molar-refractivity contribution in [3.05, 3.63) is 338 Å². The fourth-order valence-electron chi connectivity index (χ4n) is 18.5. The maximum atomic E-state index is 8.36. The van der Waals surface area contributed by atoms with Gasteiger partial charge >= 0.3 is 0 Å². The topological polar surface area (TPSA) is 34.8 Å². The van der Waals surface area contributed by atoms with Gasteiger partial charge in [0.15, 0.2) is 0 Å². The van der Waals surface area contributed by atoms with Gasteiger partial charge in [-0.25, -0.2) is 0 Å². The van der Waals surface area contributed by atoms with E-state index in [1.807, 2.05) is 0 Å². The lowest BCUT2D eigenvalue weighted by Gasteiger charge is -2.47. The third-order valence-electron chi connectivity index (χ3n) is 23.9. The SMILES string of the molecule is CC(C)(C)c1ccc(-c2ccccc2N2c3cc(-c4ccccc4)ccc3B3c4c2cc(C(C)(C)C)cc4N(c2ccccc2-c2ccc(C(C)(C)C)cc2)c2cc4c5c(c23)Oc2cc(-n3c6ccccc6c6ccccc63)ccc2B5c2cc(-c3ccccc3)cc(-n3c5ccccc5c5ccccc53)c2O4)cc1. The molecular formula is C102H80B2N4O2. The Balaban J connectivity index is 0.908. The molecule has 15 aromatic carbocycles. The summed E-state index contributed by atoms with van der Waals surface area (Å²) < 4.78 is 21.4. The number of para-hydroxylation sites is 6. The predicted molar refractivity (Wildman–Crippen MR) is 465 cm³/mol. The molecule has 0 saturated heterocycles. The lowest BCUT2D eigenvalue weighted by molar-refractivity contribution is 0.466. The summed E-state index contributed by atoms with van der Waals surface area (Å²) in [7, 11) is 0. The summed E-state index contributed by atoms with van der Waals surface area (Å²) in [6.07, 6.45) is 0. The molecule has 8 heteroatoms. The van der Waals surface area contributed by atoms with E-state index in [0.29, 0.717) is 0 Å². The first-order valence-corrected chi connectivity index (χ1v) is 38.8. The fourth-order valence-corrected chi connectivity index (χ4v) is 18.5. The normalized spacial score (nSPS) is 13.4. The van der Waals surface area contributed by atoms with Gasteiger partial charge in [-0.05, 0) is 160 Å². The second kappa shape index (κ2) is 24.4. The quantitative estimate of drug-likeness (QED) is 0.142. The molecule has 0 spiro atoms. The average molecular weight is 1420 g/mol. The molecule has 526 valence electrons. The third-order valence-corrected chi connectivity index (χ3v) is 23.9. The Morgan fingerprint density at radius 1 is 0.245 bits per heavy atom. The molecule has 6 heterocycles. The molecule has 2 aromatic heterocycles. The molecule has 0 N–H and O–H groups in total. The van der Waals surface area contributed by atoms with Gasteiger partial charge < -0.3 is 28.4 Å². The lowest BCUT2D eigenvalue weighted by atomic mass is 9.30. The third kappa shape index (κ3) is 10.1. The molecule has 17 aromatic rings. The summed E-state index contributed by atoms with van der Waals surface area (Å²) in [5, 5.41) is 4.76. The summed E-state index contributed by atoms with van der Waals surface area (Å²) in [5.74, 6) is 3.14. The number of anilines is 6. The summed E-state index contributed by atoms with van der Waals surface area (Å²) >= 11 is 0. The summed E-state index contributed by atoms with van der Waals surface area (Å²) in [6.45, 7) is 20.1. The van der Waals surface area contributed by atoms with Gasteiger partial charge in [-0.2, -0.15) is 0 Å². The predicted octanol–water partition coefficient (Wildman–Crippen LogP) is 23.3. The van der Waals surface area contributed by atoms with Crippen LogP contribution in [0.1, 0.15) is 79.0 Å². The zero-order valence-corrected chi connectivity index (χ0v) is 63.4. The molecule has 0 unspecified atom stereocenters. The first kappa shape index (κ1) is 65.5. The Labute approximate surface area is 643 Å². The molecule has 0 bridgehead atoms. The number of ether oxygens (including phenoxy) is 2. The molecule has 4 aliphatic rings. The Morgan fingerprint density at radius 3 is 1.20 bits per heavy atom. The molecule has 0 amide bonds. The van der Waals surface area contributed by atoms with E-state index in [1.165, 1.54) is 49.2 Å². The summed E-state index contributed by atoms with van der Waals surface area (Å²) in [4.78, 5) is 5.23. The largest absolute Gasteiger partial charge is 0.459 e. The van der Waals surface area contributed by atoms with E-state index in [9.17, 15) is 0 Å². The molecule has 0 aliphatic carbocycles. The van der Waals surface area contributed by atoms with Gasteiger partial charge in [0.25, 0.3) is 13.4 Å². The van der Waals surface area contributed by atoms with Crippen LogP contribution in [0.5, 0.6) is 23.0 Å². The highest BCUT2D eigenvalue weighted by atomic mass is 16.5. The van der Waals surface area contributed by atoms with Crippen LogP contribution in [-0.2, 0) is 16.2 Å². The van der Waals surface area contributed by atoms with Crippen molar-refractivity contribution in [1.29, 1.82) is 0 Å². The van der Waals surface area contributed by atoms with Gasteiger partial charge in [0, 0.05) is 78.7 Å². The number of nitrogens with zero attached hydrogens (tertiary/aromatic N) is 4. The van der Waals surface area contributed by atoms with E-state index in [0.717, 1.165) is 157 Å². The Bertz CT molecular complexity index is 6560. The van der Waals surface area contributed by atoms with Crippen LogP contribution in [0.3, 0.4) is 0 Å². The van der Waals surface area contributed by atoms with E-state index in [2.05, 4.69) is 403 Å². The highest BCUT2D eigenvalue weighted by molar-refractivity contribution is 7.03. The number of aromatic nitrogens is 2. The van der Waals surface area contributed by atoms with Crippen molar-refractivity contribution in [3.8, 4) is 78.9 Å². The van der Waals surface area contributed by atoms with Crippen LogP contribution in [0.15, 0.2) is 322 Å². The van der Waals surface area contributed by atoms with Crippen LogP contribution in [0.25, 0.3) is 99.5 Å². The van der Waals surface area contributed by atoms with E-state index >= 15 is 0 Å². The average Bonchev–Trinajstić information content (AvgIpc) is 0.850. The van der Waals surface area contributed by atoms with Crippen molar-refractivity contribution in [2.24, 2.45) is 0 Å². The van der Waals surface area contributed by atoms with Crippen LogP contribution in [0.2, 0.25) is 0 Å². The zero-order chi connectivity index (χ0) is 74.2. The van der Waals surface area contributed by atoms with Crippen molar-refractivity contribution < 1.29 is 9.47 Å². The van der Waals surface area contributed by atoms with Gasteiger partial charge in [0.1, 0.15) is 23.0 Å². The lowest BCUT2D eigenvalue weighted by Crippen LogP contribution is -2.65. The van der Waals surface area contributed by atoms with Crippen LogP contribution in [-0.4, -0.2) is 22.6 Å². The highest BCUT2D eigenvalue weighted by Crippen LogP contribution is 2.54. The second-order valence-corrected chi connectivity index (χ2v) is 33.5. The molecule has 0 radical (unpaired) electrons. The molecule has 21 rings (SSSR count). The van der Waals surface area contributed by atoms with E-state index in [4.69, 9.17) is 9.47 Å². The first-order chi connectivity index (χ1) is 53.5. The molecule has 0 fully saturated rings. The molecule has 0 saturated carbocycles. The van der Waals surface area contributed by atoms with Crippen molar-refractivity contribution in [2.75, 3.05) is 9.80 Å². The van der Waals surface area contributed by atoms with Crippen molar-refractivity contribution in [1.82, 2.24) is 9.13 Å². The van der Waals surface area contributed by atoms with Crippen LogP contribution in [0, 0.1) is 0 Å². The van der Waals surface area contributed by atoms with Crippen molar-refractivity contribution >= 4 is 124 Å². The maximum absolute atomic E-state index is 8.36. The van der Waals surface area contributed by atoms with Crippen molar-refractivity contribution in [3.63, 3.8) is 0 Å². The van der Waals surface area contributed by atoms with Gasteiger partial charge in [0.05, 0.1) is 39.1 Å². The fraction of sp³-hybridized carbons (Fsp3) is 0.118. The standard InChI is InChI=1S/C102H80B2N4O2/c1-100(2,3)69-49-44-65(45-50-69)73-32-16-22-38-82(73)107-88-57-67(63-28-12-10-13-29-63)48-54-79(88)104-95-89(107)59-71(102(7,8)9)60-90(95)108(83-39-23-17-33-74(83)66-46-51-70(52-47-66)101(4,5)6)91-62-94-97-99(96(91)104)109-93-61-72(105-84-40-24-18-34-75(84)76-35-19-25-41-85(76)105)53-55-80(93)103(97)81-56-68(64-30-14-11-15-31-64)58-92(98(81)110-94)106-86-42-26-20-36-77(86)78-37-21-27-43-87(78)106/h10-62H,1-9H3. The highest BCUT2D eigenvalue weighted by Gasteiger charge is 2.52. The summed E-state index contributed by atoms with van der Waals surface area (Å²) in [6, 6.07) is 121. The zero-order valence-electron chi connectivity index (χ0n) is 63.4. The van der Waals surface area contributed by atoms with Gasteiger partial charge in [-0.3, -0.25) is 0 Å². The first-order valence-electron chi connectivity index (χ1n) is 38.8. The molecule has 0 atom stereocenters. The summed E-state index contributed by atoms with van der Waals surface area (Å²) in [5.41, 5.74) is 31.9. The number of hydrogen-bond donors (Lipinski definition) is 0. The second-order valence-electron chi connectivity index (χ2n) is 33.5. The number of hydrogen-bond acceptors (Lipinski definition) is 4. The smallest absolute Gasteiger partial charge is 0.260 e. The number of fused-ring (bicyclic) bond motifs is 15. The van der Waals surface area contributed by atoms with Gasteiger partial charge in [-0.15, -0.1) is 0 Å². The van der Waals surface area contributed by atoms with Gasteiger partial charge in [-0.1, -0.05) is 305 Å².